The molecule has 0 bridgehead atoms. The molecule has 67 valence electrons. The zero-order valence-corrected chi connectivity index (χ0v) is 11.0. The normalized spacial score (nSPS) is 9.21. The second kappa shape index (κ2) is 5.43. The smallest absolute Gasteiger partial charge is 0 e. The van der Waals surface area contributed by atoms with Gasteiger partial charge in [0.1, 0.15) is 0 Å². The summed E-state index contributed by atoms with van der Waals surface area (Å²) in [5.41, 5.74) is 3.73. The second-order valence-electron chi connectivity index (χ2n) is 3.09. The van der Waals surface area contributed by atoms with E-state index in [1.807, 2.05) is 18.2 Å². The van der Waals surface area contributed by atoms with Crippen LogP contribution in [0, 0.1) is 13.0 Å². The SMILES string of the molecule is Cc1ccccc1-c1[c-]cccc1.[Y]. The molecule has 0 spiro atoms. The summed E-state index contributed by atoms with van der Waals surface area (Å²) in [6, 6.07) is 19.6. The average Bonchev–Trinajstić information content (AvgIpc) is 2.20. The minimum atomic E-state index is 0. The van der Waals surface area contributed by atoms with E-state index in [1.54, 1.807) is 0 Å². The third-order valence-corrected chi connectivity index (χ3v) is 2.14. The Kier molecular flexibility index (Phi) is 4.51. The van der Waals surface area contributed by atoms with Crippen molar-refractivity contribution in [3.63, 3.8) is 0 Å². The quantitative estimate of drug-likeness (QED) is 0.685. The van der Waals surface area contributed by atoms with Crippen molar-refractivity contribution in [1.82, 2.24) is 0 Å². The van der Waals surface area contributed by atoms with Gasteiger partial charge >= 0.3 is 0 Å². The minimum Gasteiger partial charge on any atom is -0.147 e. The Morgan fingerprint density at radius 3 is 2.29 bits per heavy atom. The summed E-state index contributed by atoms with van der Waals surface area (Å²) in [6.45, 7) is 2.12. The first kappa shape index (κ1) is 11.6. The van der Waals surface area contributed by atoms with Crippen molar-refractivity contribution >= 4 is 0 Å². The topological polar surface area (TPSA) is 0 Å². The fourth-order valence-corrected chi connectivity index (χ4v) is 1.44. The predicted molar refractivity (Wildman–Crippen MR) is 55.5 cm³/mol. The number of hydrogen-bond donors (Lipinski definition) is 0. The summed E-state index contributed by atoms with van der Waals surface area (Å²) < 4.78 is 0. The maximum atomic E-state index is 3.23. The molecule has 0 atom stereocenters. The van der Waals surface area contributed by atoms with E-state index in [9.17, 15) is 0 Å². The van der Waals surface area contributed by atoms with Crippen molar-refractivity contribution in [2.24, 2.45) is 0 Å². The van der Waals surface area contributed by atoms with Gasteiger partial charge in [-0.3, -0.25) is 0 Å². The van der Waals surface area contributed by atoms with Gasteiger partial charge in [0, 0.05) is 32.7 Å². The first-order chi connectivity index (χ1) is 6.38. The van der Waals surface area contributed by atoms with Crippen LogP contribution in [0.15, 0.2) is 48.5 Å². The van der Waals surface area contributed by atoms with Crippen LogP contribution in [0.25, 0.3) is 11.1 Å². The summed E-state index contributed by atoms with van der Waals surface area (Å²) in [7, 11) is 0. The van der Waals surface area contributed by atoms with E-state index in [2.05, 4.69) is 43.3 Å². The van der Waals surface area contributed by atoms with Gasteiger partial charge in [-0.25, -0.2) is 0 Å². The van der Waals surface area contributed by atoms with E-state index in [4.69, 9.17) is 0 Å². The predicted octanol–water partition coefficient (Wildman–Crippen LogP) is 3.46. The van der Waals surface area contributed by atoms with Gasteiger partial charge in [0.25, 0.3) is 0 Å². The van der Waals surface area contributed by atoms with Gasteiger partial charge in [0.2, 0.25) is 0 Å². The van der Waals surface area contributed by atoms with Crippen LogP contribution in [0.4, 0.5) is 0 Å². The molecule has 0 fully saturated rings. The zero-order chi connectivity index (χ0) is 9.10. The Morgan fingerprint density at radius 1 is 0.929 bits per heavy atom. The van der Waals surface area contributed by atoms with Gasteiger partial charge in [-0.2, -0.15) is 0 Å². The van der Waals surface area contributed by atoms with E-state index < -0.39 is 0 Å². The van der Waals surface area contributed by atoms with Gasteiger partial charge < -0.3 is 0 Å². The molecule has 1 heteroatoms. The Morgan fingerprint density at radius 2 is 1.64 bits per heavy atom. The molecule has 0 nitrogen and oxygen atoms in total. The van der Waals surface area contributed by atoms with E-state index in [0.717, 1.165) is 0 Å². The maximum Gasteiger partial charge on any atom is 0 e. The van der Waals surface area contributed by atoms with Gasteiger partial charge in [-0.05, 0) is 6.92 Å². The van der Waals surface area contributed by atoms with Crippen molar-refractivity contribution in [2.45, 2.75) is 6.92 Å². The summed E-state index contributed by atoms with van der Waals surface area (Å²) in [6.07, 6.45) is 0. The van der Waals surface area contributed by atoms with Crippen LogP contribution in [0.2, 0.25) is 0 Å². The fourth-order valence-electron chi connectivity index (χ4n) is 1.44. The molecule has 0 unspecified atom stereocenters. The Balaban J connectivity index is 0.000000980. The van der Waals surface area contributed by atoms with Crippen molar-refractivity contribution < 1.29 is 32.7 Å². The molecular weight excluding hydrogens is 245 g/mol. The molecule has 2 aromatic carbocycles. The van der Waals surface area contributed by atoms with Crippen LogP contribution >= 0.6 is 0 Å². The van der Waals surface area contributed by atoms with Crippen LogP contribution in [-0.2, 0) is 32.7 Å². The molecular formula is C13H11Y-. The summed E-state index contributed by atoms with van der Waals surface area (Å²) >= 11 is 0. The first-order valence-corrected chi connectivity index (χ1v) is 4.40. The summed E-state index contributed by atoms with van der Waals surface area (Å²) in [5.74, 6) is 0. The van der Waals surface area contributed by atoms with Crippen molar-refractivity contribution in [2.75, 3.05) is 0 Å². The molecule has 0 aromatic heterocycles. The summed E-state index contributed by atoms with van der Waals surface area (Å²) in [4.78, 5) is 0. The molecule has 1 radical (unpaired) electrons. The molecule has 2 rings (SSSR count). The number of rotatable bonds is 1. The van der Waals surface area contributed by atoms with Crippen molar-refractivity contribution in [3.8, 4) is 11.1 Å². The van der Waals surface area contributed by atoms with Crippen LogP contribution < -0.4 is 0 Å². The van der Waals surface area contributed by atoms with Crippen LogP contribution in [0.3, 0.4) is 0 Å². The molecule has 0 saturated carbocycles. The number of benzene rings is 2. The van der Waals surface area contributed by atoms with Gasteiger partial charge in [-0.1, -0.05) is 35.4 Å². The third kappa shape index (κ3) is 2.53. The van der Waals surface area contributed by atoms with Gasteiger partial charge in [0.15, 0.2) is 0 Å². The Labute approximate surface area is 110 Å². The van der Waals surface area contributed by atoms with E-state index in [-0.39, 0.29) is 32.7 Å². The van der Waals surface area contributed by atoms with E-state index >= 15 is 0 Å². The van der Waals surface area contributed by atoms with Crippen LogP contribution in [0.5, 0.6) is 0 Å². The molecule has 0 saturated heterocycles. The zero-order valence-electron chi connectivity index (χ0n) is 8.20. The standard InChI is InChI=1S/C13H11.Y/c1-11-7-5-6-10-13(11)12-8-3-2-4-9-12;/h2-8,10H,1H3;/q-1;. The summed E-state index contributed by atoms with van der Waals surface area (Å²) in [5, 5.41) is 0. The largest absolute Gasteiger partial charge is 0.147 e. The van der Waals surface area contributed by atoms with Crippen LogP contribution in [0.1, 0.15) is 5.56 Å². The number of hydrogen-bond acceptors (Lipinski definition) is 0. The maximum absolute atomic E-state index is 3.23. The van der Waals surface area contributed by atoms with Crippen LogP contribution in [-0.4, -0.2) is 0 Å². The molecule has 14 heavy (non-hydrogen) atoms. The second-order valence-corrected chi connectivity index (χ2v) is 3.09. The monoisotopic (exact) mass is 256 g/mol. The van der Waals surface area contributed by atoms with E-state index in [1.165, 1.54) is 16.7 Å². The number of aryl methyl sites for hydroxylation is 1. The van der Waals surface area contributed by atoms with Crippen molar-refractivity contribution in [1.29, 1.82) is 0 Å². The molecule has 0 heterocycles. The van der Waals surface area contributed by atoms with Gasteiger partial charge in [-0.15, -0.1) is 35.9 Å². The first-order valence-electron chi connectivity index (χ1n) is 4.40. The molecule has 0 amide bonds. The van der Waals surface area contributed by atoms with Gasteiger partial charge in [0.05, 0.1) is 0 Å². The minimum absolute atomic E-state index is 0. The van der Waals surface area contributed by atoms with E-state index in [0.29, 0.717) is 0 Å². The molecule has 0 aliphatic carbocycles. The molecule has 2 aromatic rings. The molecule has 0 aliphatic rings. The Hall–Kier alpha value is -0.456. The van der Waals surface area contributed by atoms with Crippen molar-refractivity contribution in [3.05, 3.63) is 60.2 Å². The molecule has 0 aliphatic heterocycles. The molecule has 0 N–H and O–H groups in total. The average molecular weight is 256 g/mol. The fraction of sp³-hybridized carbons (Fsp3) is 0.0769. The Bertz CT molecular complexity index is 393. The third-order valence-electron chi connectivity index (χ3n) is 2.14.